The van der Waals surface area contributed by atoms with Gasteiger partial charge in [0.25, 0.3) is 0 Å². The lowest BCUT2D eigenvalue weighted by atomic mass is 10.2. The molecule has 1 aromatic heterocycles. The van der Waals surface area contributed by atoms with Gasteiger partial charge in [-0.1, -0.05) is 0 Å². The maximum atomic E-state index is 11.0. The topological polar surface area (TPSA) is 135 Å². The molecule has 1 fully saturated rings. The predicted octanol–water partition coefficient (Wildman–Crippen LogP) is 0.0204. The van der Waals surface area contributed by atoms with Crippen LogP contribution in [0.25, 0.3) is 0 Å². The van der Waals surface area contributed by atoms with Crippen molar-refractivity contribution in [2.75, 3.05) is 17.2 Å². The molecule has 1 saturated heterocycles. The lowest BCUT2D eigenvalue weighted by Crippen LogP contribution is -2.37. The Morgan fingerprint density at radius 3 is 2.94 bits per heavy atom. The fraction of sp³-hybridized carbons (Fsp3) is 0.444. The summed E-state index contributed by atoms with van der Waals surface area (Å²) < 4.78 is 0. The number of carboxylic acids is 1. The van der Waals surface area contributed by atoms with Crippen molar-refractivity contribution in [1.82, 2.24) is 9.97 Å². The first-order valence-electron chi connectivity index (χ1n) is 5.27. The molecule has 0 radical (unpaired) electrons. The maximum Gasteiger partial charge on any atom is 0.329 e. The lowest BCUT2D eigenvalue weighted by molar-refractivity contribution is -0.384. The number of carboxylic acid groups (broad SMARTS) is 1. The number of nitro groups is 1. The smallest absolute Gasteiger partial charge is 0.329 e. The predicted molar refractivity (Wildman–Crippen MR) is 61.1 cm³/mol. The van der Waals surface area contributed by atoms with Crippen LogP contribution in [0.2, 0.25) is 0 Å². The summed E-state index contributed by atoms with van der Waals surface area (Å²) >= 11 is 0. The zero-order valence-corrected chi connectivity index (χ0v) is 9.31. The van der Waals surface area contributed by atoms with Crippen LogP contribution in [0.15, 0.2) is 6.20 Å². The third-order valence-electron chi connectivity index (χ3n) is 2.78. The Bertz CT molecular complexity index is 506. The Morgan fingerprint density at radius 2 is 2.39 bits per heavy atom. The first-order valence-corrected chi connectivity index (χ1v) is 5.27. The van der Waals surface area contributed by atoms with Gasteiger partial charge in [-0.05, 0) is 12.8 Å². The van der Waals surface area contributed by atoms with Crippen LogP contribution in [0, 0.1) is 10.1 Å². The Kier molecular flexibility index (Phi) is 2.96. The van der Waals surface area contributed by atoms with E-state index < -0.39 is 16.9 Å². The molecule has 1 aliphatic heterocycles. The number of nitrogens with zero attached hydrogens (tertiary/aromatic N) is 4. The van der Waals surface area contributed by atoms with Gasteiger partial charge in [0.2, 0.25) is 11.8 Å². The molecule has 9 nitrogen and oxygen atoms in total. The number of rotatable bonds is 3. The van der Waals surface area contributed by atoms with E-state index in [9.17, 15) is 14.9 Å². The van der Waals surface area contributed by atoms with E-state index in [1.54, 1.807) is 0 Å². The van der Waals surface area contributed by atoms with Crippen LogP contribution in [-0.2, 0) is 4.79 Å². The second-order valence-corrected chi connectivity index (χ2v) is 3.89. The summed E-state index contributed by atoms with van der Waals surface area (Å²) in [7, 11) is 0. The number of carbonyl (C=O) groups is 1. The van der Waals surface area contributed by atoms with E-state index >= 15 is 0 Å². The molecule has 3 N–H and O–H groups in total. The third kappa shape index (κ3) is 2.01. The van der Waals surface area contributed by atoms with Crippen LogP contribution < -0.4 is 10.6 Å². The zero-order chi connectivity index (χ0) is 13.3. The van der Waals surface area contributed by atoms with Crippen LogP contribution in [0.4, 0.5) is 17.5 Å². The Labute approximate surface area is 101 Å². The molecule has 0 aromatic carbocycles. The summed E-state index contributed by atoms with van der Waals surface area (Å²) in [6, 6.07) is -0.703. The molecule has 1 atom stereocenters. The Balaban J connectivity index is 2.32. The summed E-state index contributed by atoms with van der Waals surface area (Å²) in [5, 5.41) is 19.6. The molecule has 0 bridgehead atoms. The quantitative estimate of drug-likeness (QED) is 0.568. The number of aromatic nitrogens is 2. The third-order valence-corrected chi connectivity index (χ3v) is 2.78. The molecule has 2 heterocycles. The minimum Gasteiger partial charge on any atom is -0.480 e. The van der Waals surface area contributed by atoms with Crippen molar-refractivity contribution < 1.29 is 14.8 Å². The number of anilines is 2. The fourth-order valence-corrected chi connectivity index (χ4v) is 1.92. The van der Waals surface area contributed by atoms with Crippen molar-refractivity contribution in [3.05, 3.63) is 16.3 Å². The van der Waals surface area contributed by atoms with Crippen molar-refractivity contribution in [1.29, 1.82) is 0 Å². The largest absolute Gasteiger partial charge is 0.480 e. The van der Waals surface area contributed by atoms with Gasteiger partial charge in [-0.15, -0.1) is 0 Å². The van der Waals surface area contributed by atoms with Gasteiger partial charge in [0, 0.05) is 6.54 Å². The van der Waals surface area contributed by atoms with Gasteiger partial charge in [0.05, 0.1) is 4.92 Å². The van der Waals surface area contributed by atoms with E-state index in [4.69, 9.17) is 10.8 Å². The van der Waals surface area contributed by atoms with Gasteiger partial charge < -0.3 is 15.7 Å². The van der Waals surface area contributed by atoms with E-state index in [0.717, 1.165) is 6.20 Å². The minimum atomic E-state index is -0.965. The van der Waals surface area contributed by atoms with Gasteiger partial charge in [0.15, 0.2) is 0 Å². The Hall–Kier alpha value is -2.45. The molecule has 0 saturated carbocycles. The van der Waals surface area contributed by atoms with Gasteiger partial charge >= 0.3 is 11.7 Å². The van der Waals surface area contributed by atoms with Crippen molar-refractivity contribution >= 4 is 23.4 Å². The van der Waals surface area contributed by atoms with Gasteiger partial charge in [-0.2, -0.15) is 4.98 Å². The number of hydrogen-bond donors (Lipinski definition) is 2. The van der Waals surface area contributed by atoms with Gasteiger partial charge in [-0.25, -0.2) is 9.78 Å². The molecule has 1 aromatic rings. The molecular weight excluding hydrogens is 242 g/mol. The molecule has 9 heteroatoms. The van der Waals surface area contributed by atoms with E-state index in [-0.39, 0.29) is 17.5 Å². The summed E-state index contributed by atoms with van der Waals surface area (Å²) in [5.74, 6) is -1.11. The number of nitrogens with two attached hydrogens (primary N) is 1. The molecule has 0 aliphatic carbocycles. The maximum absolute atomic E-state index is 11.0. The van der Waals surface area contributed by atoms with Crippen LogP contribution in [-0.4, -0.2) is 38.6 Å². The van der Waals surface area contributed by atoms with Crippen LogP contribution in [0.1, 0.15) is 12.8 Å². The van der Waals surface area contributed by atoms with Gasteiger partial charge in [0.1, 0.15) is 12.2 Å². The summed E-state index contributed by atoms with van der Waals surface area (Å²) in [4.78, 5) is 30.0. The zero-order valence-electron chi connectivity index (χ0n) is 9.31. The second kappa shape index (κ2) is 4.43. The molecule has 2 rings (SSSR count). The van der Waals surface area contributed by atoms with Crippen molar-refractivity contribution in [3.63, 3.8) is 0 Å². The molecule has 0 unspecified atom stereocenters. The van der Waals surface area contributed by atoms with E-state index in [1.807, 2.05) is 0 Å². The second-order valence-electron chi connectivity index (χ2n) is 3.89. The van der Waals surface area contributed by atoms with Gasteiger partial charge in [-0.3, -0.25) is 10.1 Å². The summed E-state index contributed by atoms with van der Waals surface area (Å²) in [6.45, 7) is 0.494. The molecule has 0 amide bonds. The summed E-state index contributed by atoms with van der Waals surface area (Å²) in [5.41, 5.74) is 5.06. The van der Waals surface area contributed by atoms with E-state index in [0.29, 0.717) is 19.4 Å². The van der Waals surface area contributed by atoms with Crippen molar-refractivity contribution in [3.8, 4) is 0 Å². The van der Waals surface area contributed by atoms with Crippen LogP contribution in [0.5, 0.6) is 0 Å². The number of nitrogen functional groups attached to an aromatic ring is 1. The highest BCUT2D eigenvalue weighted by Gasteiger charge is 2.33. The molecule has 0 spiro atoms. The van der Waals surface area contributed by atoms with Crippen LogP contribution >= 0.6 is 0 Å². The molecule has 1 aliphatic rings. The minimum absolute atomic E-state index is 0.114. The van der Waals surface area contributed by atoms with Crippen LogP contribution in [0.3, 0.4) is 0 Å². The molecule has 18 heavy (non-hydrogen) atoms. The first kappa shape index (κ1) is 12.0. The Morgan fingerprint density at radius 1 is 1.67 bits per heavy atom. The average Bonchev–Trinajstić information content (AvgIpc) is 2.77. The lowest BCUT2D eigenvalue weighted by Gasteiger charge is -2.20. The molecular formula is C9H11N5O4. The first-order chi connectivity index (χ1) is 8.50. The molecule has 96 valence electrons. The highest BCUT2D eigenvalue weighted by molar-refractivity contribution is 5.78. The van der Waals surface area contributed by atoms with E-state index in [1.165, 1.54) is 4.90 Å². The standard InChI is InChI=1S/C9H11N5O4/c10-7-6(14(17)18)4-11-9(12-7)13-3-1-2-5(13)8(15)16/h4-5H,1-3H2,(H,15,16)(H2,10,11,12)/t5-/m0/s1. The number of hydrogen-bond acceptors (Lipinski definition) is 7. The van der Waals surface area contributed by atoms with Crippen molar-refractivity contribution in [2.45, 2.75) is 18.9 Å². The number of aliphatic carboxylic acids is 1. The van der Waals surface area contributed by atoms with Crippen molar-refractivity contribution in [2.24, 2.45) is 0 Å². The summed E-state index contributed by atoms with van der Waals surface area (Å²) in [6.07, 6.45) is 2.20. The fourth-order valence-electron chi connectivity index (χ4n) is 1.92. The SMILES string of the molecule is Nc1nc(N2CCC[C@H]2C(=O)O)ncc1[N+](=O)[O-]. The average molecular weight is 253 g/mol. The monoisotopic (exact) mass is 253 g/mol. The van der Waals surface area contributed by atoms with E-state index in [2.05, 4.69) is 9.97 Å². The highest BCUT2D eigenvalue weighted by Crippen LogP contribution is 2.26. The normalized spacial score (nSPS) is 18.9. The highest BCUT2D eigenvalue weighted by atomic mass is 16.6.